The van der Waals surface area contributed by atoms with Gasteiger partial charge in [0.15, 0.2) is 0 Å². The fraction of sp³-hybridized carbons (Fsp3) is 0.267. The van der Waals surface area contributed by atoms with Crippen molar-refractivity contribution in [3.8, 4) is 5.75 Å². The molecule has 0 amide bonds. The van der Waals surface area contributed by atoms with Crippen molar-refractivity contribution in [3.63, 3.8) is 0 Å². The normalized spacial score (nSPS) is 10.3. The van der Waals surface area contributed by atoms with E-state index in [0.717, 1.165) is 24.3 Å². The molecule has 0 radical (unpaired) electrons. The number of hydrogen-bond acceptors (Lipinski definition) is 3. The summed E-state index contributed by atoms with van der Waals surface area (Å²) < 4.78 is 19.5. The first-order valence-electron chi connectivity index (χ1n) is 6.45. The van der Waals surface area contributed by atoms with Crippen molar-refractivity contribution in [2.75, 3.05) is 11.9 Å². The van der Waals surface area contributed by atoms with Crippen LogP contribution < -0.4 is 10.1 Å². The average Bonchev–Trinajstić information content (AvgIpc) is 2.42. The number of pyridine rings is 1. The van der Waals surface area contributed by atoms with E-state index >= 15 is 0 Å². The minimum atomic E-state index is -0.325. The molecule has 0 saturated carbocycles. The number of benzene rings is 1. The van der Waals surface area contributed by atoms with E-state index in [1.54, 1.807) is 12.3 Å². The molecule has 3 nitrogen and oxygen atoms in total. The first-order chi connectivity index (χ1) is 9.67. The Labute approximate surface area is 126 Å². The van der Waals surface area contributed by atoms with Crippen LogP contribution in [0.4, 0.5) is 10.2 Å². The van der Waals surface area contributed by atoms with Gasteiger partial charge in [-0.15, -0.1) is 0 Å². The van der Waals surface area contributed by atoms with Crippen molar-refractivity contribution in [2.45, 2.75) is 20.0 Å². The maximum atomic E-state index is 13.2. The number of halogens is 2. The molecule has 2 aromatic rings. The van der Waals surface area contributed by atoms with E-state index in [0.29, 0.717) is 16.8 Å². The van der Waals surface area contributed by atoms with Gasteiger partial charge in [0, 0.05) is 23.3 Å². The van der Waals surface area contributed by atoms with Crippen molar-refractivity contribution < 1.29 is 9.13 Å². The van der Waals surface area contributed by atoms with Gasteiger partial charge < -0.3 is 10.1 Å². The Kier molecular flexibility index (Phi) is 5.35. The Morgan fingerprint density at radius 3 is 2.90 bits per heavy atom. The van der Waals surface area contributed by atoms with E-state index in [9.17, 15) is 4.39 Å². The zero-order valence-corrected chi connectivity index (χ0v) is 12.8. The highest BCUT2D eigenvalue weighted by atomic mass is 79.9. The standard InChI is InChI=1S/C15H16BrFN2O/c1-2-4-18-15-6-11(3-5-19-15)10-20-14-8-12(16)7-13(17)9-14/h3,5-9H,2,4,10H2,1H3,(H,18,19). The Hall–Kier alpha value is -1.62. The van der Waals surface area contributed by atoms with Crippen LogP contribution in [0, 0.1) is 5.82 Å². The SMILES string of the molecule is CCCNc1cc(COc2cc(F)cc(Br)c2)ccn1. The van der Waals surface area contributed by atoms with Gasteiger partial charge in [0.1, 0.15) is 24.0 Å². The van der Waals surface area contributed by atoms with Gasteiger partial charge in [0.2, 0.25) is 0 Å². The fourth-order valence-electron chi connectivity index (χ4n) is 1.69. The predicted octanol–water partition coefficient (Wildman–Crippen LogP) is 4.38. The molecule has 0 spiro atoms. The Balaban J connectivity index is 1.99. The van der Waals surface area contributed by atoms with E-state index in [1.807, 2.05) is 12.1 Å². The molecule has 1 aromatic carbocycles. The van der Waals surface area contributed by atoms with Gasteiger partial charge in [-0.05, 0) is 36.2 Å². The average molecular weight is 339 g/mol. The number of anilines is 1. The highest BCUT2D eigenvalue weighted by molar-refractivity contribution is 9.10. The summed E-state index contributed by atoms with van der Waals surface area (Å²) in [5, 5.41) is 3.22. The molecule has 106 valence electrons. The molecule has 0 fully saturated rings. The van der Waals surface area contributed by atoms with Crippen LogP contribution in [0.3, 0.4) is 0 Å². The highest BCUT2D eigenvalue weighted by Gasteiger charge is 2.02. The third kappa shape index (κ3) is 4.49. The van der Waals surface area contributed by atoms with E-state index in [2.05, 4.69) is 33.2 Å². The summed E-state index contributed by atoms with van der Waals surface area (Å²) >= 11 is 3.24. The molecule has 5 heteroatoms. The number of rotatable bonds is 6. The first kappa shape index (κ1) is 14.8. The molecule has 0 bridgehead atoms. The van der Waals surface area contributed by atoms with Gasteiger partial charge in [-0.2, -0.15) is 0 Å². The van der Waals surface area contributed by atoms with Crippen LogP contribution in [0.1, 0.15) is 18.9 Å². The van der Waals surface area contributed by atoms with E-state index in [4.69, 9.17) is 4.74 Å². The Morgan fingerprint density at radius 2 is 2.15 bits per heavy atom. The van der Waals surface area contributed by atoms with Crippen molar-refractivity contribution >= 4 is 21.7 Å². The number of nitrogens with one attached hydrogen (secondary N) is 1. The van der Waals surface area contributed by atoms with Crippen molar-refractivity contribution in [1.29, 1.82) is 0 Å². The maximum absolute atomic E-state index is 13.2. The summed E-state index contributed by atoms with van der Waals surface area (Å²) in [7, 11) is 0. The molecule has 1 aromatic heterocycles. The molecular weight excluding hydrogens is 323 g/mol. The zero-order chi connectivity index (χ0) is 14.4. The summed E-state index contributed by atoms with van der Waals surface area (Å²) in [6.07, 6.45) is 2.78. The summed E-state index contributed by atoms with van der Waals surface area (Å²) in [5.74, 6) is 1.000. The second-order valence-electron chi connectivity index (χ2n) is 4.37. The minimum Gasteiger partial charge on any atom is -0.489 e. The van der Waals surface area contributed by atoms with E-state index in [1.165, 1.54) is 12.1 Å². The lowest BCUT2D eigenvalue weighted by molar-refractivity contribution is 0.304. The van der Waals surface area contributed by atoms with Gasteiger partial charge in [-0.1, -0.05) is 22.9 Å². The molecular formula is C15H16BrFN2O. The molecule has 1 N–H and O–H groups in total. The molecule has 1 heterocycles. The molecule has 20 heavy (non-hydrogen) atoms. The number of hydrogen-bond donors (Lipinski definition) is 1. The van der Waals surface area contributed by atoms with Gasteiger partial charge in [-0.25, -0.2) is 9.37 Å². The molecule has 0 atom stereocenters. The molecule has 0 aliphatic rings. The van der Waals surface area contributed by atoms with Crippen molar-refractivity contribution in [2.24, 2.45) is 0 Å². The number of ether oxygens (including phenoxy) is 1. The summed E-state index contributed by atoms with van der Waals surface area (Å²) in [6, 6.07) is 8.31. The third-order valence-electron chi connectivity index (χ3n) is 2.62. The lowest BCUT2D eigenvalue weighted by Crippen LogP contribution is -2.03. The van der Waals surface area contributed by atoms with Gasteiger partial charge in [-0.3, -0.25) is 0 Å². The summed E-state index contributed by atoms with van der Waals surface area (Å²) in [5.41, 5.74) is 0.985. The molecule has 0 aliphatic heterocycles. The minimum absolute atomic E-state index is 0.325. The zero-order valence-electron chi connectivity index (χ0n) is 11.2. The lowest BCUT2D eigenvalue weighted by Gasteiger charge is -2.09. The second-order valence-corrected chi connectivity index (χ2v) is 5.29. The van der Waals surface area contributed by atoms with Gasteiger partial charge >= 0.3 is 0 Å². The van der Waals surface area contributed by atoms with Crippen molar-refractivity contribution in [1.82, 2.24) is 4.98 Å². The summed E-state index contributed by atoms with van der Waals surface area (Å²) in [6.45, 7) is 3.36. The predicted molar refractivity (Wildman–Crippen MR) is 81.4 cm³/mol. The van der Waals surface area contributed by atoms with Crippen LogP contribution in [-0.2, 0) is 6.61 Å². The second kappa shape index (κ2) is 7.24. The highest BCUT2D eigenvalue weighted by Crippen LogP contribution is 2.21. The van der Waals surface area contributed by atoms with Gasteiger partial charge in [0.25, 0.3) is 0 Å². The van der Waals surface area contributed by atoms with Crippen molar-refractivity contribution in [3.05, 3.63) is 52.4 Å². The van der Waals surface area contributed by atoms with Crippen LogP contribution in [0.15, 0.2) is 41.0 Å². The first-order valence-corrected chi connectivity index (χ1v) is 7.24. The van der Waals surface area contributed by atoms with Crippen LogP contribution >= 0.6 is 15.9 Å². The Bertz CT molecular complexity index is 557. The van der Waals surface area contributed by atoms with E-state index < -0.39 is 0 Å². The van der Waals surface area contributed by atoms with Crippen LogP contribution in [0.25, 0.3) is 0 Å². The number of aromatic nitrogens is 1. The molecule has 0 saturated heterocycles. The van der Waals surface area contributed by atoms with Gasteiger partial charge in [0.05, 0.1) is 0 Å². The smallest absolute Gasteiger partial charge is 0.128 e. The van der Waals surface area contributed by atoms with E-state index in [-0.39, 0.29) is 5.82 Å². The number of nitrogens with zero attached hydrogens (tertiary/aromatic N) is 1. The molecule has 0 aliphatic carbocycles. The lowest BCUT2D eigenvalue weighted by atomic mass is 10.2. The van der Waals surface area contributed by atoms with Crippen LogP contribution in [-0.4, -0.2) is 11.5 Å². The summed E-state index contributed by atoms with van der Waals surface area (Å²) in [4.78, 5) is 4.23. The monoisotopic (exact) mass is 338 g/mol. The topological polar surface area (TPSA) is 34.1 Å². The molecule has 0 unspecified atom stereocenters. The largest absolute Gasteiger partial charge is 0.489 e. The third-order valence-corrected chi connectivity index (χ3v) is 3.08. The fourth-order valence-corrected chi connectivity index (χ4v) is 2.14. The molecule has 2 rings (SSSR count). The Morgan fingerprint density at radius 1 is 1.30 bits per heavy atom. The maximum Gasteiger partial charge on any atom is 0.128 e. The van der Waals surface area contributed by atoms with Crippen LogP contribution in [0.2, 0.25) is 0 Å². The van der Waals surface area contributed by atoms with Crippen LogP contribution in [0.5, 0.6) is 5.75 Å². The quantitative estimate of drug-likeness (QED) is 0.848.